The molecule has 204 valence electrons. The molecule has 0 bridgehead atoms. The molecule has 1 aromatic heterocycles. The highest BCUT2D eigenvalue weighted by Crippen LogP contribution is 2.26. The van der Waals surface area contributed by atoms with Crippen molar-refractivity contribution in [3.8, 4) is 5.75 Å². The van der Waals surface area contributed by atoms with Gasteiger partial charge in [-0.15, -0.1) is 0 Å². The molecule has 0 fully saturated rings. The van der Waals surface area contributed by atoms with Crippen molar-refractivity contribution in [3.63, 3.8) is 0 Å². The Labute approximate surface area is 214 Å². The predicted molar refractivity (Wildman–Crippen MR) is 135 cm³/mol. The van der Waals surface area contributed by atoms with E-state index in [1.54, 1.807) is 34.6 Å². The first-order chi connectivity index (χ1) is 17.4. The fourth-order valence-corrected chi connectivity index (χ4v) is 3.48. The van der Waals surface area contributed by atoms with Crippen LogP contribution in [0, 0.1) is 11.7 Å². The summed E-state index contributed by atoms with van der Waals surface area (Å²) in [5, 5.41) is 15.9. The summed E-state index contributed by atoms with van der Waals surface area (Å²) in [6.07, 6.45) is -0.321. The molecular formula is C25H35FN4O7. The van der Waals surface area contributed by atoms with Crippen molar-refractivity contribution in [2.24, 2.45) is 11.1 Å². The minimum absolute atomic E-state index is 0.0535. The third-order valence-corrected chi connectivity index (χ3v) is 5.43. The molecule has 1 heterocycles. The van der Waals surface area contributed by atoms with E-state index in [-0.39, 0.29) is 60.2 Å². The molecule has 0 aliphatic carbocycles. The summed E-state index contributed by atoms with van der Waals surface area (Å²) in [6, 6.07) is 3.67. The zero-order valence-corrected chi connectivity index (χ0v) is 22.2. The quantitative estimate of drug-likeness (QED) is 0.334. The van der Waals surface area contributed by atoms with Crippen LogP contribution in [-0.4, -0.2) is 57.8 Å². The summed E-state index contributed by atoms with van der Waals surface area (Å²) in [4.78, 5) is 49.3. The largest absolute Gasteiger partial charge is 0.496 e. The zero-order chi connectivity index (χ0) is 27.9. The standard InChI is InChI=1S/C25H35FN4O7/c1-15(2)23(32)30(36-7)11-10-29-24(33)20(17(5)27-37-16(3)4)13-28(25(29)34)14-21(31)19-12-18(26)8-9-22(19)35-6/h8-9,12-13,15-16,21,31H,10-11,14H2,1-7H3/b27-17+. The number of carbonyl (C=O) groups excluding carboxylic acids is 1. The first kappa shape index (κ1) is 29.7. The third-order valence-electron chi connectivity index (χ3n) is 5.43. The van der Waals surface area contributed by atoms with Crippen molar-refractivity contribution in [1.29, 1.82) is 0 Å². The summed E-state index contributed by atoms with van der Waals surface area (Å²) in [5.41, 5.74) is -0.997. The highest BCUT2D eigenvalue weighted by atomic mass is 19.1. The second kappa shape index (κ2) is 13.2. The van der Waals surface area contributed by atoms with Gasteiger partial charge in [0.05, 0.1) is 45.1 Å². The van der Waals surface area contributed by atoms with E-state index in [1.807, 2.05) is 0 Å². The van der Waals surface area contributed by atoms with Crippen molar-refractivity contribution >= 4 is 11.6 Å². The number of rotatable bonds is 12. The van der Waals surface area contributed by atoms with Gasteiger partial charge in [0, 0.05) is 17.7 Å². The molecule has 37 heavy (non-hydrogen) atoms. The van der Waals surface area contributed by atoms with Crippen LogP contribution in [0.1, 0.15) is 51.8 Å². The maximum absolute atomic E-state index is 13.9. The molecule has 11 nitrogen and oxygen atoms in total. The van der Waals surface area contributed by atoms with Gasteiger partial charge >= 0.3 is 5.69 Å². The minimum atomic E-state index is -1.34. The van der Waals surface area contributed by atoms with Gasteiger partial charge < -0.3 is 14.7 Å². The molecule has 1 aromatic carbocycles. The van der Waals surface area contributed by atoms with Gasteiger partial charge in [0.25, 0.3) is 5.56 Å². The average molecular weight is 523 g/mol. The molecule has 12 heteroatoms. The summed E-state index contributed by atoms with van der Waals surface area (Å²) in [5.74, 6) is -1.03. The Morgan fingerprint density at radius 1 is 1.19 bits per heavy atom. The van der Waals surface area contributed by atoms with Gasteiger partial charge in [-0.1, -0.05) is 19.0 Å². The topological polar surface area (TPSA) is 125 Å². The van der Waals surface area contributed by atoms with Crippen molar-refractivity contribution in [2.75, 3.05) is 20.8 Å². The number of hydrogen-bond acceptors (Lipinski definition) is 8. The van der Waals surface area contributed by atoms with E-state index in [4.69, 9.17) is 14.4 Å². The second-order valence-corrected chi connectivity index (χ2v) is 8.95. The minimum Gasteiger partial charge on any atom is -0.496 e. The zero-order valence-electron chi connectivity index (χ0n) is 22.2. The van der Waals surface area contributed by atoms with Gasteiger partial charge in [0.2, 0.25) is 5.91 Å². The molecule has 0 aliphatic rings. The molecule has 2 rings (SSSR count). The predicted octanol–water partition coefficient (Wildman–Crippen LogP) is 2.09. The van der Waals surface area contributed by atoms with E-state index < -0.39 is 23.2 Å². The molecule has 0 spiro atoms. The molecule has 1 N–H and O–H groups in total. The van der Waals surface area contributed by atoms with Gasteiger partial charge in [-0.2, -0.15) is 0 Å². The fraction of sp³-hybridized carbons (Fsp3) is 0.520. The second-order valence-electron chi connectivity index (χ2n) is 8.95. The number of amides is 1. The molecule has 1 atom stereocenters. The third kappa shape index (κ3) is 7.49. The van der Waals surface area contributed by atoms with E-state index in [1.165, 1.54) is 32.5 Å². The SMILES string of the molecule is COc1ccc(F)cc1C(O)Cn1cc(/C(C)=N/OC(C)C)c(=O)n(CCN(OC)C(=O)C(C)C)c1=O. The Balaban J connectivity index is 2.57. The lowest BCUT2D eigenvalue weighted by atomic mass is 10.1. The van der Waals surface area contributed by atoms with E-state index >= 15 is 0 Å². The number of ether oxygens (including phenoxy) is 1. The number of hydrogen-bond donors (Lipinski definition) is 1. The first-order valence-electron chi connectivity index (χ1n) is 11.8. The smallest absolute Gasteiger partial charge is 0.331 e. The molecule has 2 aromatic rings. The van der Waals surface area contributed by atoms with Crippen molar-refractivity contribution in [2.45, 2.75) is 59.9 Å². The fourth-order valence-electron chi connectivity index (χ4n) is 3.48. The Morgan fingerprint density at radius 3 is 2.43 bits per heavy atom. The van der Waals surface area contributed by atoms with Crippen LogP contribution < -0.4 is 16.0 Å². The molecule has 1 amide bonds. The van der Waals surface area contributed by atoms with Crippen molar-refractivity contribution in [3.05, 3.63) is 62.2 Å². The van der Waals surface area contributed by atoms with Crippen molar-refractivity contribution < 1.29 is 28.7 Å². The van der Waals surface area contributed by atoms with Gasteiger partial charge in [-0.05, 0) is 39.0 Å². The molecular weight excluding hydrogens is 487 g/mol. The van der Waals surface area contributed by atoms with Gasteiger partial charge in [0.1, 0.15) is 23.8 Å². The van der Waals surface area contributed by atoms with Crippen LogP contribution in [0.5, 0.6) is 5.75 Å². The van der Waals surface area contributed by atoms with E-state index in [0.717, 1.165) is 20.3 Å². The van der Waals surface area contributed by atoms with Crippen LogP contribution in [0.4, 0.5) is 4.39 Å². The van der Waals surface area contributed by atoms with Gasteiger partial charge in [0.15, 0.2) is 0 Å². The van der Waals surface area contributed by atoms with E-state index in [2.05, 4.69) is 5.16 Å². The van der Waals surface area contributed by atoms with Gasteiger partial charge in [-0.3, -0.25) is 23.6 Å². The Kier molecular flexibility index (Phi) is 10.6. The Hall–Kier alpha value is -3.51. The number of benzene rings is 1. The van der Waals surface area contributed by atoms with Crippen LogP contribution in [0.2, 0.25) is 0 Å². The number of aromatic nitrogens is 2. The Morgan fingerprint density at radius 2 is 1.86 bits per heavy atom. The van der Waals surface area contributed by atoms with Crippen LogP contribution in [0.15, 0.2) is 39.1 Å². The normalized spacial score (nSPS) is 12.7. The molecule has 1 unspecified atom stereocenters. The summed E-state index contributed by atoms with van der Waals surface area (Å²) < 4.78 is 21.1. The monoisotopic (exact) mass is 522 g/mol. The lowest BCUT2D eigenvalue weighted by molar-refractivity contribution is -0.180. The van der Waals surface area contributed by atoms with Crippen LogP contribution in [0.25, 0.3) is 0 Å². The number of halogens is 1. The highest BCUT2D eigenvalue weighted by Gasteiger charge is 2.22. The summed E-state index contributed by atoms with van der Waals surface area (Å²) in [6.45, 7) is 7.90. The summed E-state index contributed by atoms with van der Waals surface area (Å²) >= 11 is 0. The van der Waals surface area contributed by atoms with Crippen LogP contribution in [0.3, 0.4) is 0 Å². The van der Waals surface area contributed by atoms with Crippen molar-refractivity contribution in [1.82, 2.24) is 14.2 Å². The van der Waals surface area contributed by atoms with Crippen LogP contribution >= 0.6 is 0 Å². The first-order valence-corrected chi connectivity index (χ1v) is 11.8. The van der Waals surface area contributed by atoms with E-state index in [9.17, 15) is 23.9 Å². The maximum atomic E-state index is 13.9. The number of aliphatic hydroxyl groups is 1. The van der Waals surface area contributed by atoms with E-state index in [0.29, 0.717) is 0 Å². The number of nitrogens with zero attached hydrogens (tertiary/aromatic N) is 4. The maximum Gasteiger partial charge on any atom is 0.331 e. The number of oxime groups is 1. The average Bonchev–Trinajstić information content (AvgIpc) is 2.85. The molecule has 0 saturated carbocycles. The number of methoxy groups -OCH3 is 1. The van der Waals surface area contributed by atoms with Crippen LogP contribution in [-0.2, 0) is 27.6 Å². The lowest BCUT2D eigenvalue weighted by Crippen LogP contribution is -2.46. The van der Waals surface area contributed by atoms with Gasteiger partial charge in [-0.25, -0.2) is 14.2 Å². The summed E-state index contributed by atoms with van der Waals surface area (Å²) in [7, 11) is 2.70. The highest BCUT2D eigenvalue weighted by molar-refractivity contribution is 5.97. The molecule has 0 aliphatic heterocycles. The Bertz CT molecular complexity index is 1240. The number of aliphatic hydroxyl groups excluding tert-OH is 1. The lowest BCUT2D eigenvalue weighted by Gasteiger charge is -2.22. The number of carbonyl (C=O) groups is 1. The molecule has 0 radical (unpaired) electrons. The number of hydroxylamine groups is 2. The molecule has 0 saturated heterocycles.